The molecule has 1 saturated heterocycles. The van der Waals surface area contributed by atoms with Crippen molar-refractivity contribution in [3.05, 3.63) is 30.2 Å². The summed E-state index contributed by atoms with van der Waals surface area (Å²) in [5.74, 6) is 0.519. The first-order chi connectivity index (χ1) is 11.2. The molecule has 1 aliphatic rings. The molecule has 0 unspecified atom stereocenters. The Balaban J connectivity index is 1.58. The third-order valence-corrected chi connectivity index (χ3v) is 3.89. The maximum Gasteiger partial charge on any atom is 0.274 e. The van der Waals surface area contributed by atoms with Crippen molar-refractivity contribution < 1.29 is 14.0 Å². The van der Waals surface area contributed by atoms with Gasteiger partial charge in [-0.05, 0) is 12.1 Å². The van der Waals surface area contributed by atoms with Gasteiger partial charge >= 0.3 is 0 Å². The van der Waals surface area contributed by atoms with Crippen LogP contribution in [0.1, 0.15) is 10.5 Å². The minimum atomic E-state index is -0.112. The minimum Gasteiger partial charge on any atom is -0.463 e. The third-order valence-electron chi connectivity index (χ3n) is 3.89. The second-order valence-corrected chi connectivity index (χ2v) is 5.39. The van der Waals surface area contributed by atoms with Crippen LogP contribution in [0.15, 0.2) is 28.9 Å². The Bertz CT molecular complexity index is 671. The minimum absolute atomic E-state index is 0.0137. The third kappa shape index (κ3) is 3.42. The summed E-state index contributed by atoms with van der Waals surface area (Å²) in [5, 5.41) is 9.49. The van der Waals surface area contributed by atoms with Gasteiger partial charge in [-0.1, -0.05) is 0 Å². The number of likely N-dealkylation sites (N-methyl/N-ethyl adjacent to an activating group) is 1. The molecule has 2 aromatic rings. The lowest BCUT2D eigenvalue weighted by molar-refractivity contribution is -0.122. The fourth-order valence-electron chi connectivity index (χ4n) is 2.54. The highest BCUT2D eigenvalue weighted by Gasteiger charge is 2.24. The van der Waals surface area contributed by atoms with Gasteiger partial charge in [0.1, 0.15) is 5.69 Å². The van der Waals surface area contributed by atoms with Crippen molar-refractivity contribution in [2.75, 3.05) is 39.8 Å². The second kappa shape index (κ2) is 6.66. The van der Waals surface area contributed by atoms with Crippen molar-refractivity contribution in [1.82, 2.24) is 25.3 Å². The van der Waals surface area contributed by atoms with Crippen LogP contribution in [0.3, 0.4) is 0 Å². The van der Waals surface area contributed by atoms with Crippen LogP contribution in [0.25, 0.3) is 11.5 Å². The quantitative estimate of drug-likeness (QED) is 0.838. The molecule has 1 fully saturated rings. The number of furan rings is 1. The predicted molar refractivity (Wildman–Crippen MR) is 82.7 cm³/mol. The molecular weight excluding hydrogens is 298 g/mol. The number of amides is 2. The number of aromatic nitrogens is 2. The highest BCUT2D eigenvalue weighted by Crippen LogP contribution is 2.18. The molecule has 0 saturated carbocycles. The van der Waals surface area contributed by atoms with Crippen molar-refractivity contribution in [2.45, 2.75) is 0 Å². The molecule has 23 heavy (non-hydrogen) atoms. The van der Waals surface area contributed by atoms with Gasteiger partial charge in [0.15, 0.2) is 11.5 Å². The number of hydrogen-bond acceptors (Lipinski definition) is 5. The van der Waals surface area contributed by atoms with E-state index in [0.29, 0.717) is 49.9 Å². The smallest absolute Gasteiger partial charge is 0.274 e. The van der Waals surface area contributed by atoms with Crippen molar-refractivity contribution in [3.8, 4) is 11.5 Å². The number of rotatable bonds is 4. The van der Waals surface area contributed by atoms with Crippen molar-refractivity contribution in [3.63, 3.8) is 0 Å². The monoisotopic (exact) mass is 317 g/mol. The molecule has 0 aliphatic carbocycles. The Morgan fingerprint density at radius 1 is 1.35 bits per heavy atom. The van der Waals surface area contributed by atoms with E-state index in [1.165, 1.54) is 0 Å². The summed E-state index contributed by atoms with van der Waals surface area (Å²) in [6, 6.07) is 5.28. The summed E-state index contributed by atoms with van der Waals surface area (Å²) in [6.07, 6.45) is 1.57. The fraction of sp³-hybridized carbons (Fsp3) is 0.400. The summed E-state index contributed by atoms with van der Waals surface area (Å²) >= 11 is 0. The summed E-state index contributed by atoms with van der Waals surface area (Å²) in [4.78, 5) is 27.6. The van der Waals surface area contributed by atoms with E-state index in [0.717, 1.165) is 0 Å². The van der Waals surface area contributed by atoms with Crippen molar-refractivity contribution >= 4 is 11.8 Å². The number of nitrogens with one attached hydrogen (secondary N) is 2. The van der Waals surface area contributed by atoms with E-state index in [-0.39, 0.29) is 11.8 Å². The van der Waals surface area contributed by atoms with E-state index in [1.807, 2.05) is 4.90 Å². The Hall–Kier alpha value is -2.61. The number of aromatic amines is 1. The predicted octanol–water partition coefficient (Wildman–Crippen LogP) is 0.174. The normalized spacial score (nSPS) is 15.6. The SMILES string of the molecule is CNC(=O)CN1CCN(C(=O)c2cc(-c3ccco3)[nH]n2)CC1. The lowest BCUT2D eigenvalue weighted by Crippen LogP contribution is -2.50. The largest absolute Gasteiger partial charge is 0.463 e. The molecule has 0 spiro atoms. The van der Waals surface area contributed by atoms with E-state index in [1.54, 1.807) is 36.4 Å². The zero-order valence-corrected chi connectivity index (χ0v) is 12.9. The lowest BCUT2D eigenvalue weighted by Gasteiger charge is -2.33. The fourth-order valence-corrected chi connectivity index (χ4v) is 2.54. The molecule has 8 nitrogen and oxygen atoms in total. The molecule has 2 aromatic heterocycles. The average molecular weight is 317 g/mol. The van der Waals surface area contributed by atoms with Gasteiger partial charge in [0, 0.05) is 39.3 Å². The zero-order valence-electron chi connectivity index (χ0n) is 12.9. The lowest BCUT2D eigenvalue weighted by atomic mass is 10.2. The molecule has 1 aliphatic heterocycles. The number of H-pyrrole nitrogens is 1. The van der Waals surface area contributed by atoms with Crippen LogP contribution in [-0.2, 0) is 4.79 Å². The Morgan fingerprint density at radius 2 is 2.13 bits per heavy atom. The maximum absolute atomic E-state index is 12.5. The van der Waals surface area contributed by atoms with Crippen LogP contribution >= 0.6 is 0 Å². The van der Waals surface area contributed by atoms with E-state index >= 15 is 0 Å². The van der Waals surface area contributed by atoms with Gasteiger partial charge in [-0.25, -0.2) is 0 Å². The van der Waals surface area contributed by atoms with E-state index in [9.17, 15) is 9.59 Å². The molecule has 0 atom stereocenters. The number of nitrogens with zero attached hydrogens (tertiary/aromatic N) is 3. The maximum atomic E-state index is 12.5. The summed E-state index contributed by atoms with van der Waals surface area (Å²) in [6.45, 7) is 2.88. The van der Waals surface area contributed by atoms with Crippen LogP contribution in [-0.4, -0.2) is 71.6 Å². The Morgan fingerprint density at radius 3 is 2.78 bits per heavy atom. The van der Waals surface area contributed by atoms with Crippen LogP contribution in [0.2, 0.25) is 0 Å². The molecule has 0 radical (unpaired) electrons. The number of piperazine rings is 1. The Labute approximate surface area is 133 Å². The van der Waals surface area contributed by atoms with E-state index in [2.05, 4.69) is 15.5 Å². The molecule has 8 heteroatoms. The molecule has 0 bridgehead atoms. The van der Waals surface area contributed by atoms with Gasteiger partial charge in [0.2, 0.25) is 5.91 Å². The standard InChI is InChI=1S/C15H19N5O3/c1-16-14(21)10-19-4-6-20(7-5-19)15(22)12-9-11(17-18-12)13-3-2-8-23-13/h2-3,8-9H,4-7,10H2,1H3,(H,16,21)(H,17,18). The first-order valence-corrected chi connectivity index (χ1v) is 7.49. The van der Waals surface area contributed by atoms with Crippen molar-refractivity contribution in [2.24, 2.45) is 0 Å². The highest BCUT2D eigenvalue weighted by molar-refractivity contribution is 5.93. The van der Waals surface area contributed by atoms with Gasteiger partial charge < -0.3 is 14.6 Å². The number of carbonyl (C=O) groups excluding carboxylic acids is 2. The topological polar surface area (TPSA) is 94.5 Å². The van der Waals surface area contributed by atoms with Crippen LogP contribution in [0, 0.1) is 0 Å². The molecule has 2 N–H and O–H groups in total. The van der Waals surface area contributed by atoms with Crippen LogP contribution < -0.4 is 5.32 Å². The number of carbonyl (C=O) groups is 2. The highest BCUT2D eigenvalue weighted by atomic mass is 16.3. The van der Waals surface area contributed by atoms with E-state index < -0.39 is 0 Å². The van der Waals surface area contributed by atoms with Gasteiger partial charge in [-0.3, -0.25) is 19.6 Å². The van der Waals surface area contributed by atoms with Crippen molar-refractivity contribution in [1.29, 1.82) is 0 Å². The molecule has 3 rings (SSSR count). The second-order valence-electron chi connectivity index (χ2n) is 5.39. The van der Waals surface area contributed by atoms with Gasteiger partial charge in [0.25, 0.3) is 5.91 Å². The van der Waals surface area contributed by atoms with Gasteiger partial charge in [-0.15, -0.1) is 0 Å². The Kier molecular flexibility index (Phi) is 4.42. The number of hydrogen-bond donors (Lipinski definition) is 2. The first-order valence-electron chi connectivity index (χ1n) is 7.49. The molecular formula is C15H19N5O3. The molecule has 2 amide bonds. The van der Waals surface area contributed by atoms with Crippen LogP contribution in [0.4, 0.5) is 0 Å². The first kappa shape index (κ1) is 15.3. The molecule has 122 valence electrons. The molecule has 0 aromatic carbocycles. The van der Waals surface area contributed by atoms with Gasteiger partial charge in [-0.2, -0.15) is 5.10 Å². The summed E-state index contributed by atoms with van der Waals surface area (Å²) < 4.78 is 5.28. The summed E-state index contributed by atoms with van der Waals surface area (Å²) in [7, 11) is 1.62. The van der Waals surface area contributed by atoms with E-state index in [4.69, 9.17) is 4.42 Å². The van der Waals surface area contributed by atoms with Crippen LogP contribution in [0.5, 0.6) is 0 Å². The molecule has 3 heterocycles. The summed E-state index contributed by atoms with van der Waals surface area (Å²) in [5.41, 5.74) is 1.05. The average Bonchev–Trinajstić information content (AvgIpc) is 3.25. The van der Waals surface area contributed by atoms with Gasteiger partial charge in [0.05, 0.1) is 12.8 Å². The zero-order chi connectivity index (χ0) is 16.2.